The van der Waals surface area contributed by atoms with Crippen molar-refractivity contribution in [2.45, 2.75) is 25.9 Å². The lowest BCUT2D eigenvalue weighted by Crippen LogP contribution is -2.42. The Bertz CT molecular complexity index is 738. The van der Waals surface area contributed by atoms with E-state index in [0.717, 1.165) is 35.5 Å². The third kappa shape index (κ3) is 4.48. The average Bonchev–Trinajstić information content (AvgIpc) is 2.69. The summed E-state index contributed by atoms with van der Waals surface area (Å²) in [7, 11) is 1.67. The fourth-order valence-corrected chi connectivity index (χ4v) is 3.12. The molecule has 1 saturated heterocycles. The van der Waals surface area contributed by atoms with Crippen LogP contribution in [0.25, 0.3) is 11.1 Å². The number of likely N-dealkylation sites (tertiary alicyclic amines) is 1. The Labute approximate surface area is 154 Å². The van der Waals surface area contributed by atoms with E-state index in [1.807, 2.05) is 43.3 Å². The van der Waals surface area contributed by atoms with Gasteiger partial charge in [-0.3, -0.25) is 0 Å². The molecule has 0 bridgehead atoms. The standard InChI is InChI=1S/C21H25NO4/c1-3-25-21(23)22-12-10-18(11-13-22)26-20-9-5-7-17(15-20)16-6-4-8-19(14-16)24-2/h4-9,14-15,18H,3,10-13H2,1-2H3. The number of rotatable bonds is 5. The molecular weight excluding hydrogens is 330 g/mol. The van der Waals surface area contributed by atoms with E-state index in [2.05, 4.69) is 12.1 Å². The number of benzene rings is 2. The Hall–Kier alpha value is -2.69. The van der Waals surface area contributed by atoms with Crippen molar-refractivity contribution in [1.29, 1.82) is 0 Å². The van der Waals surface area contributed by atoms with Gasteiger partial charge in [-0.15, -0.1) is 0 Å². The average molecular weight is 355 g/mol. The fraction of sp³-hybridized carbons (Fsp3) is 0.381. The zero-order valence-corrected chi connectivity index (χ0v) is 15.3. The molecule has 0 radical (unpaired) electrons. The molecule has 0 N–H and O–H groups in total. The smallest absolute Gasteiger partial charge is 0.409 e. The van der Waals surface area contributed by atoms with E-state index >= 15 is 0 Å². The van der Waals surface area contributed by atoms with Gasteiger partial charge in [0.05, 0.1) is 13.7 Å². The maximum atomic E-state index is 11.8. The molecule has 2 aromatic carbocycles. The van der Waals surface area contributed by atoms with Crippen LogP contribution in [-0.2, 0) is 4.74 Å². The van der Waals surface area contributed by atoms with Crippen LogP contribution in [0.3, 0.4) is 0 Å². The van der Waals surface area contributed by atoms with Crippen molar-refractivity contribution in [3.63, 3.8) is 0 Å². The van der Waals surface area contributed by atoms with E-state index in [1.165, 1.54) is 0 Å². The summed E-state index contributed by atoms with van der Waals surface area (Å²) in [5, 5.41) is 0. The first-order valence-electron chi connectivity index (χ1n) is 9.02. The fourth-order valence-electron chi connectivity index (χ4n) is 3.12. The van der Waals surface area contributed by atoms with Gasteiger partial charge in [0.15, 0.2) is 0 Å². The van der Waals surface area contributed by atoms with Crippen LogP contribution in [0.15, 0.2) is 48.5 Å². The number of hydrogen-bond donors (Lipinski definition) is 0. The van der Waals surface area contributed by atoms with Gasteiger partial charge in [0, 0.05) is 25.9 Å². The number of carbonyl (C=O) groups excluding carboxylic acids is 1. The van der Waals surface area contributed by atoms with Crippen LogP contribution in [-0.4, -0.2) is 43.9 Å². The molecule has 5 heteroatoms. The van der Waals surface area contributed by atoms with Crippen LogP contribution < -0.4 is 9.47 Å². The maximum Gasteiger partial charge on any atom is 0.409 e. The summed E-state index contributed by atoms with van der Waals surface area (Å²) in [6.07, 6.45) is 1.50. The highest BCUT2D eigenvalue weighted by molar-refractivity contribution is 5.68. The van der Waals surface area contributed by atoms with Crippen LogP contribution in [0, 0.1) is 0 Å². The number of ether oxygens (including phenoxy) is 3. The molecule has 5 nitrogen and oxygen atoms in total. The van der Waals surface area contributed by atoms with Crippen molar-refractivity contribution in [3.8, 4) is 22.6 Å². The molecule has 138 valence electrons. The summed E-state index contributed by atoms with van der Waals surface area (Å²) < 4.78 is 16.5. The highest BCUT2D eigenvalue weighted by atomic mass is 16.6. The van der Waals surface area contributed by atoms with E-state index < -0.39 is 0 Å². The zero-order valence-electron chi connectivity index (χ0n) is 15.3. The summed E-state index contributed by atoms with van der Waals surface area (Å²) in [5.74, 6) is 1.68. The second kappa shape index (κ2) is 8.61. The molecular formula is C21H25NO4. The molecule has 0 aromatic heterocycles. The first kappa shape index (κ1) is 18.1. The number of hydrogen-bond acceptors (Lipinski definition) is 4. The summed E-state index contributed by atoms with van der Waals surface area (Å²) in [6.45, 7) is 3.56. The van der Waals surface area contributed by atoms with Gasteiger partial charge < -0.3 is 19.1 Å². The molecule has 0 spiro atoms. The highest BCUT2D eigenvalue weighted by Gasteiger charge is 2.24. The minimum absolute atomic E-state index is 0.112. The van der Waals surface area contributed by atoms with Gasteiger partial charge in [-0.2, -0.15) is 0 Å². The van der Waals surface area contributed by atoms with Gasteiger partial charge in [-0.05, 0) is 42.3 Å². The molecule has 2 aromatic rings. The van der Waals surface area contributed by atoms with Gasteiger partial charge in [-0.25, -0.2) is 4.79 Å². The van der Waals surface area contributed by atoms with Gasteiger partial charge in [0.1, 0.15) is 17.6 Å². The van der Waals surface area contributed by atoms with Crippen LogP contribution in [0.1, 0.15) is 19.8 Å². The highest BCUT2D eigenvalue weighted by Crippen LogP contribution is 2.28. The molecule has 1 aliphatic rings. The monoisotopic (exact) mass is 355 g/mol. The van der Waals surface area contributed by atoms with E-state index in [4.69, 9.17) is 14.2 Å². The van der Waals surface area contributed by atoms with Gasteiger partial charge >= 0.3 is 6.09 Å². The van der Waals surface area contributed by atoms with E-state index in [1.54, 1.807) is 12.0 Å². The summed E-state index contributed by atoms with van der Waals surface area (Å²) in [4.78, 5) is 13.5. The summed E-state index contributed by atoms with van der Waals surface area (Å²) in [6, 6.07) is 16.1. The van der Waals surface area contributed by atoms with Gasteiger partial charge in [0.2, 0.25) is 0 Å². The molecule has 1 heterocycles. The predicted molar refractivity (Wildman–Crippen MR) is 101 cm³/mol. The maximum absolute atomic E-state index is 11.8. The Morgan fingerprint density at radius 2 is 1.65 bits per heavy atom. The largest absolute Gasteiger partial charge is 0.497 e. The normalized spacial score (nSPS) is 14.8. The van der Waals surface area contributed by atoms with Crippen molar-refractivity contribution < 1.29 is 19.0 Å². The summed E-state index contributed by atoms with van der Waals surface area (Å²) in [5.41, 5.74) is 2.18. The minimum atomic E-state index is -0.231. The number of nitrogens with zero attached hydrogens (tertiary/aromatic N) is 1. The van der Waals surface area contributed by atoms with Crippen LogP contribution in [0.5, 0.6) is 11.5 Å². The SMILES string of the molecule is CCOC(=O)N1CCC(Oc2cccc(-c3cccc(OC)c3)c2)CC1. The quantitative estimate of drug-likeness (QED) is 0.799. The molecule has 1 aliphatic heterocycles. The van der Waals surface area contributed by atoms with E-state index in [9.17, 15) is 4.79 Å². The zero-order chi connectivity index (χ0) is 18.4. The van der Waals surface area contributed by atoms with Crippen molar-refractivity contribution in [3.05, 3.63) is 48.5 Å². The molecule has 1 amide bonds. The first-order chi connectivity index (χ1) is 12.7. The number of amides is 1. The van der Waals surface area contributed by atoms with Crippen LogP contribution >= 0.6 is 0 Å². The third-order valence-electron chi connectivity index (χ3n) is 4.51. The van der Waals surface area contributed by atoms with Crippen LogP contribution in [0.4, 0.5) is 4.79 Å². The molecule has 26 heavy (non-hydrogen) atoms. The lowest BCUT2D eigenvalue weighted by Gasteiger charge is -2.31. The third-order valence-corrected chi connectivity index (χ3v) is 4.51. The Morgan fingerprint density at radius 1 is 1.04 bits per heavy atom. The molecule has 1 fully saturated rings. The van der Waals surface area contributed by atoms with Crippen molar-refractivity contribution in [1.82, 2.24) is 4.90 Å². The Morgan fingerprint density at radius 3 is 2.27 bits per heavy atom. The Balaban J connectivity index is 1.62. The van der Waals surface area contributed by atoms with Crippen molar-refractivity contribution >= 4 is 6.09 Å². The number of piperidine rings is 1. The lowest BCUT2D eigenvalue weighted by atomic mass is 10.0. The minimum Gasteiger partial charge on any atom is -0.497 e. The number of methoxy groups -OCH3 is 1. The van der Waals surface area contributed by atoms with Crippen molar-refractivity contribution in [2.24, 2.45) is 0 Å². The molecule has 3 rings (SSSR count). The van der Waals surface area contributed by atoms with Gasteiger partial charge in [-0.1, -0.05) is 24.3 Å². The topological polar surface area (TPSA) is 48.0 Å². The van der Waals surface area contributed by atoms with Crippen molar-refractivity contribution in [2.75, 3.05) is 26.8 Å². The molecule has 0 unspecified atom stereocenters. The van der Waals surface area contributed by atoms with E-state index in [-0.39, 0.29) is 12.2 Å². The first-order valence-corrected chi connectivity index (χ1v) is 9.02. The second-order valence-electron chi connectivity index (χ2n) is 6.26. The van der Waals surface area contributed by atoms with Gasteiger partial charge in [0.25, 0.3) is 0 Å². The second-order valence-corrected chi connectivity index (χ2v) is 6.26. The lowest BCUT2D eigenvalue weighted by molar-refractivity contribution is 0.0703. The van der Waals surface area contributed by atoms with E-state index in [0.29, 0.717) is 19.7 Å². The number of carbonyl (C=O) groups is 1. The molecule has 0 aliphatic carbocycles. The Kier molecular flexibility index (Phi) is 6.00. The molecule has 0 saturated carbocycles. The molecule has 0 atom stereocenters. The predicted octanol–water partition coefficient (Wildman–Crippen LogP) is 4.36. The summed E-state index contributed by atoms with van der Waals surface area (Å²) >= 11 is 0. The van der Waals surface area contributed by atoms with Crippen LogP contribution in [0.2, 0.25) is 0 Å².